The SMILES string of the molecule is CCCCN1CC(CC(=O)O)CC(NCCO)C1. The maximum atomic E-state index is 10.8. The molecule has 1 aliphatic rings. The summed E-state index contributed by atoms with van der Waals surface area (Å²) in [6.45, 7) is 5.80. The van der Waals surface area contributed by atoms with Crippen molar-refractivity contribution in [2.24, 2.45) is 5.92 Å². The predicted octanol–water partition coefficient (Wildman–Crippen LogP) is 0.534. The Bertz CT molecular complexity index is 232. The number of aliphatic hydroxyl groups is 1. The van der Waals surface area contributed by atoms with Crippen LogP contribution >= 0.6 is 0 Å². The second-order valence-electron chi connectivity index (χ2n) is 5.19. The summed E-state index contributed by atoms with van der Waals surface area (Å²) in [6, 6.07) is 0.312. The average molecular weight is 258 g/mol. The number of piperidine rings is 1. The van der Waals surface area contributed by atoms with Crippen LogP contribution in [0.4, 0.5) is 0 Å². The number of unbranched alkanes of at least 4 members (excludes halogenated alkanes) is 1. The molecule has 0 bridgehead atoms. The van der Waals surface area contributed by atoms with Gasteiger partial charge in [-0.3, -0.25) is 4.79 Å². The van der Waals surface area contributed by atoms with E-state index < -0.39 is 5.97 Å². The number of aliphatic hydroxyl groups excluding tert-OH is 1. The average Bonchev–Trinajstić information content (AvgIpc) is 2.33. The van der Waals surface area contributed by atoms with Crippen LogP contribution in [0.5, 0.6) is 0 Å². The molecule has 0 amide bonds. The van der Waals surface area contributed by atoms with Crippen molar-refractivity contribution in [1.82, 2.24) is 10.2 Å². The number of carbonyl (C=O) groups is 1. The monoisotopic (exact) mass is 258 g/mol. The van der Waals surface area contributed by atoms with E-state index in [4.69, 9.17) is 10.2 Å². The van der Waals surface area contributed by atoms with Crippen LogP contribution in [0, 0.1) is 5.92 Å². The Balaban J connectivity index is 2.45. The summed E-state index contributed by atoms with van der Waals surface area (Å²) in [5.74, 6) is -0.484. The smallest absolute Gasteiger partial charge is 0.303 e. The molecule has 0 aromatic carbocycles. The molecule has 106 valence electrons. The van der Waals surface area contributed by atoms with E-state index in [1.54, 1.807) is 0 Å². The van der Waals surface area contributed by atoms with Gasteiger partial charge in [0.05, 0.1) is 6.61 Å². The third kappa shape index (κ3) is 5.80. The number of hydrogen-bond donors (Lipinski definition) is 3. The molecular formula is C13H26N2O3. The minimum atomic E-state index is -0.710. The first kappa shape index (κ1) is 15.4. The van der Waals surface area contributed by atoms with Crippen molar-refractivity contribution in [3.8, 4) is 0 Å². The van der Waals surface area contributed by atoms with E-state index in [0.717, 1.165) is 38.9 Å². The Morgan fingerprint density at radius 1 is 1.44 bits per heavy atom. The van der Waals surface area contributed by atoms with Gasteiger partial charge in [0.15, 0.2) is 0 Å². The van der Waals surface area contributed by atoms with Gasteiger partial charge in [-0.15, -0.1) is 0 Å². The number of rotatable bonds is 8. The number of hydrogen-bond acceptors (Lipinski definition) is 4. The first-order valence-corrected chi connectivity index (χ1v) is 6.94. The summed E-state index contributed by atoms with van der Waals surface area (Å²) >= 11 is 0. The van der Waals surface area contributed by atoms with Crippen molar-refractivity contribution in [2.75, 3.05) is 32.8 Å². The van der Waals surface area contributed by atoms with E-state index in [9.17, 15) is 4.79 Å². The summed E-state index contributed by atoms with van der Waals surface area (Å²) in [6.07, 6.45) is 3.47. The Labute approximate surface area is 109 Å². The van der Waals surface area contributed by atoms with Crippen LogP contribution in [0.3, 0.4) is 0 Å². The lowest BCUT2D eigenvalue weighted by atomic mass is 9.91. The minimum absolute atomic E-state index is 0.134. The number of aliphatic carboxylic acids is 1. The fraction of sp³-hybridized carbons (Fsp3) is 0.923. The fourth-order valence-electron chi connectivity index (χ4n) is 2.68. The first-order chi connectivity index (χ1) is 8.65. The Morgan fingerprint density at radius 2 is 2.22 bits per heavy atom. The minimum Gasteiger partial charge on any atom is -0.481 e. The van der Waals surface area contributed by atoms with Crippen LogP contribution in [0.25, 0.3) is 0 Å². The lowest BCUT2D eigenvalue weighted by Crippen LogP contribution is -2.50. The molecule has 0 aromatic heterocycles. The van der Waals surface area contributed by atoms with Crippen molar-refractivity contribution in [3.63, 3.8) is 0 Å². The van der Waals surface area contributed by atoms with E-state index in [0.29, 0.717) is 12.6 Å². The zero-order valence-corrected chi connectivity index (χ0v) is 11.3. The predicted molar refractivity (Wildman–Crippen MR) is 70.6 cm³/mol. The molecule has 0 radical (unpaired) electrons. The van der Waals surface area contributed by atoms with E-state index >= 15 is 0 Å². The van der Waals surface area contributed by atoms with Gasteiger partial charge in [-0.25, -0.2) is 0 Å². The number of nitrogens with zero attached hydrogens (tertiary/aromatic N) is 1. The standard InChI is InChI=1S/C13H26N2O3/c1-2-3-5-15-9-11(8-13(17)18)7-12(10-15)14-4-6-16/h11-12,14,16H,2-10H2,1H3,(H,17,18). The van der Waals surface area contributed by atoms with Gasteiger partial charge in [0.25, 0.3) is 0 Å². The first-order valence-electron chi connectivity index (χ1n) is 6.94. The highest BCUT2D eigenvalue weighted by molar-refractivity contribution is 5.67. The quantitative estimate of drug-likeness (QED) is 0.592. The van der Waals surface area contributed by atoms with E-state index in [-0.39, 0.29) is 18.9 Å². The molecule has 5 heteroatoms. The van der Waals surface area contributed by atoms with Crippen LogP contribution in [0.15, 0.2) is 0 Å². The second-order valence-corrected chi connectivity index (χ2v) is 5.19. The normalized spacial score (nSPS) is 25.2. The van der Waals surface area contributed by atoms with Crippen LogP contribution in [0.2, 0.25) is 0 Å². The molecule has 5 nitrogen and oxygen atoms in total. The molecule has 0 aromatic rings. The van der Waals surface area contributed by atoms with Crippen molar-refractivity contribution in [1.29, 1.82) is 0 Å². The van der Waals surface area contributed by atoms with Gasteiger partial charge in [0.1, 0.15) is 0 Å². The molecular weight excluding hydrogens is 232 g/mol. The van der Waals surface area contributed by atoms with Gasteiger partial charge in [-0.05, 0) is 25.3 Å². The van der Waals surface area contributed by atoms with Crippen molar-refractivity contribution in [3.05, 3.63) is 0 Å². The molecule has 18 heavy (non-hydrogen) atoms. The van der Waals surface area contributed by atoms with Crippen LogP contribution in [0.1, 0.15) is 32.6 Å². The maximum Gasteiger partial charge on any atom is 0.303 e. The third-order valence-electron chi connectivity index (χ3n) is 3.45. The zero-order valence-electron chi connectivity index (χ0n) is 11.3. The van der Waals surface area contributed by atoms with Crippen LogP contribution in [-0.4, -0.2) is 59.9 Å². The highest BCUT2D eigenvalue weighted by Gasteiger charge is 2.27. The van der Waals surface area contributed by atoms with Crippen molar-refractivity contribution < 1.29 is 15.0 Å². The number of likely N-dealkylation sites (tertiary alicyclic amines) is 1. The molecule has 1 heterocycles. The molecule has 2 unspecified atom stereocenters. The Morgan fingerprint density at radius 3 is 2.83 bits per heavy atom. The molecule has 1 fully saturated rings. The summed E-state index contributed by atoms with van der Waals surface area (Å²) in [5.41, 5.74) is 0. The number of carboxylic acids is 1. The molecule has 2 atom stereocenters. The van der Waals surface area contributed by atoms with Gasteiger partial charge in [0.2, 0.25) is 0 Å². The number of carboxylic acid groups (broad SMARTS) is 1. The topological polar surface area (TPSA) is 72.8 Å². The van der Waals surface area contributed by atoms with Crippen LogP contribution in [-0.2, 0) is 4.79 Å². The molecule has 0 saturated carbocycles. The van der Waals surface area contributed by atoms with E-state index in [1.807, 2.05) is 0 Å². The third-order valence-corrected chi connectivity index (χ3v) is 3.45. The largest absolute Gasteiger partial charge is 0.481 e. The van der Waals surface area contributed by atoms with Gasteiger partial charge in [-0.2, -0.15) is 0 Å². The fourth-order valence-corrected chi connectivity index (χ4v) is 2.68. The van der Waals surface area contributed by atoms with Gasteiger partial charge >= 0.3 is 5.97 Å². The maximum absolute atomic E-state index is 10.8. The van der Waals surface area contributed by atoms with Crippen LogP contribution < -0.4 is 5.32 Å². The van der Waals surface area contributed by atoms with Gasteiger partial charge in [0, 0.05) is 32.1 Å². The summed E-state index contributed by atoms with van der Waals surface area (Å²) in [4.78, 5) is 13.2. The highest BCUT2D eigenvalue weighted by atomic mass is 16.4. The number of nitrogens with one attached hydrogen (secondary N) is 1. The molecule has 0 aliphatic carbocycles. The summed E-state index contributed by atoms with van der Waals surface area (Å²) in [5, 5.41) is 21.1. The summed E-state index contributed by atoms with van der Waals surface area (Å²) in [7, 11) is 0. The van der Waals surface area contributed by atoms with Gasteiger partial charge in [-0.1, -0.05) is 13.3 Å². The zero-order chi connectivity index (χ0) is 13.4. The highest BCUT2D eigenvalue weighted by Crippen LogP contribution is 2.20. The van der Waals surface area contributed by atoms with Gasteiger partial charge < -0.3 is 20.4 Å². The molecule has 3 N–H and O–H groups in total. The molecule has 1 rings (SSSR count). The Hall–Kier alpha value is -0.650. The Kier molecular flexibility index (Phi) is 7.23. The second kappa shape index (κ2) is 8.45. The molecule has 1 aliphatic heterocycles. The van der Waals surface area contributed by atoms with Crippen molar-refractivity contribution >= 4 is 5.97 Å². The lowest BCUT2D eigenvalue weighted by Gasteiger charge is -2.37. The molecule has 1 saturated heterocycles. The van der Waals surface area contributed by atoms with E-state index in [1.165, 1.54) is 0 Å². The molecule has 0 spiro atoms. The lowest BCUT2D eigenvalue weighted by molar-refractivity contribution is -0.138. The van der Waals surface area contributed by atoms with E-state index in [2.05, 4.69) is 17.1 Å². The summed E-state index contributed by atoms with van der Waals surface area (Å²) < 4.78 is 0. The van der Waals surface area contributed by atoms with Crippen molar-refractivity contribution in [2.45, 2.75) is 38.6 Å².